The van der Waals surface area contributed by atoms with Crippen molar-refractivity contribution in [3.63, 3.8) is 0 Å². The van der Waals surface area contributed by atoms with Gasteiger partial charge in [0.1, 0.15) is 5.82 Å². The van der Waals surface area contributed by atoms with Crippen molar-refractivity contribution in [1.82, 2.24) is 0 Å². The van der Waals surface area contributed by atoms with Crippen molar-refractivity contribution in [3.05, 3.63) is 103 Å². The van der Waals surface area contributed by atoms with Gasteiger partial charge in [0, 0.05) is 17.0 Å². The lowest BCUT2D eigenvalue weighted by Crippen LogP contribution is -2.19. The molecule has 0 radical (unpaired) electrons. The largest absolute Gasteiger partial charge is 0.462 e. The first-order valence-electron chi connectivity index (χ1n) is 12.0. The Bertz CT molecular complexity index is 1190. The van der Waals surface area contributed by atoms with E-state index in [4.69, 9.17) is 9.47 Å². The highest BCUT2D eigenvalue weighted by molar-refractivity contribution is 5.71. The lowest BCUT2D eigenvalue weighted by molar-refractivity contribution is -0.00528. The zero-order chi connectivity index (χ0) is 24.8. The smallest absolute Gasteiger partial charge is 0.201 e. The van der Waals surface area contributed by atoms with Crippen LogP contribution in [0.5, 0.6) is 5.75 Å². The van der Waals surface area contributed by atoms with E-state index in [-0.39, 0.29) is 23.2 Å². The maximum atomic E-state index is 15.0. The normalized spacial score (nSPS) is 18.1. The lowest BCUT2D eigenvalue weighted by Gasteiger charge is -2.27. The van der Waals surface area contributed by atoms with Gasteiger partial charge in [-0.15, -0.1) is 6.58 Å². The third-order valence-corrected chi connectivity index (χ3v) is 6.31. The summed E-state index contributed by atoms with van der Waals surface area (Å²) >= 11 is 0. The zero-order valence-electron chi connectivity index (χ0n) is 19.8. The fraction of sp³-hybridized carbons (Fsp3) is 0.267. The molecule has 1 aliphatic rings. The van der Waals surface area contributed by atoms with Gasteiger partial charge in [-0.25, -0.2) is 8.78 Å². The van der Waals surface area contributed by atoms with Gasteiger partial charge in [0.25, 0.3) is 0 Å². The highest BCUT2D eigenvalue weighted by atomic mass is 19.2. The molecule has 0 aliphatic carbocycles. The van der Waals surface area contributed by atoms with Crippen LogP contribution in [-0.4, -0.2) is 6.61 Å². The number of allylic oxidation sites excluding steroid dienone is 1. The minimum absolute atomic E-state index is 0.113. The molecule has 35 heavy (non-hydrogen) atoms. The Morgan fingerprint density at radius 3 is 2.29 bits per heavy atom. The summed E-state index contributed by atoms with van der Waals surface area (Å²) in [7, 11) is 0. The van der Waals surface area contributed by atoms with Crippen LogP contribution in [0.2, 0.25) is 0 Å². The van der Waals surface area contributed by atoms with Gasteiger partial charge in [-0.2, -0.15) is 4.39 Å². The van der Waals surface area contributed by atoms with Crippen LogP contribution < -0.4 is 4.74 Å². The maximum Gasteiger partial charge on any atom is 0.201 e. The molecule has 2 atom stereocenters. The average Bonchev–Trinajstić information content (AvgIpc) is 2.89. The van der Waals surface area contributed by atoms with E-state index < -0.39 is 11.6 Å². The quantitative estimate of drug-likeness (QED) is 0.238. The third kappa shape index (κ3) is 5.68. The number of ether oxygens (including phenoxy) is 2. The molecule has 0 saturated carbocycles. The van der Waals surface area contributed by atoms with E-state index in [0.29, 0.717) is 29.2 Å². The Labute approximate surface area is 204 Å². The van der Waals surface area contributed by atoms with E-state index in [2.05, 4.69) is 6.58 Å². The second-order valence-corrected chi connectivity index (χ2v) is 8.73. The summed E-state index contributed by atoms with van der Waals surface area (Å²) in [5, 5.41) is 0. The number of hydrogen-bond acceptors (Lipinski definition) is 2. The molecule has 1 heterocycles. The van der Waals surface area contributed by atoms with Gasteiger partial charge in [0.15, 0.2) is 11.6 Å². The van der Waals surface area contributed by atoms with E-state index in [0.717, 1.165) is 31.2 Å². The Kier molecular flexibility index (Phi) is 8.09. The summed E-state index contributed by atoms with van der Waals surface area (Å²) in [6.07, 6.45) is 8.43. The van der Waals surface area contributed by atoms with Crippen molar-refractivity contribution in [2.75, 3.05) is 6.61 Å². The first-order chi connectivity index (χ1) is 17.0. The minimum Gasteiger partial charge on any atom is -0.462 e. The highest BCUT2D eigenvalue weighted by Crippen LogP contribution is 2.35. The molecule has 0 spiro atoms. The molecule has 2 unspecified atom stereocenters. The number of rotatable bonds is 8. The number of unbranched alkanes of at least 4 members (excludes halogenated alkanes) is 1. The van der Waals surface area contributed by atoms with Crippen LogP contribution in [-0.2, 0) is 4.74 Å². The predicted molar refractivity (Wildman–Crippen MR) is 133 cm³/mol. The molecule has 0 N–H and O–H groups in total. The molecule has 3 aromatic rings. The van der Waals surface area contributed by atoms with Crippen molar-refractivity contribution in [3.8, 4) is 28.0 Å². The van der Waals surface area contributed by atoms with E-state index in [1.165, 1.54) is 24.5 Å². The van der Waals surface area contributed by atoms with Gasteiger partial charge in [-0.05, 0) is 60.2 Å². The molecule has 0 aromatic heterocycles. The minimum atomic E-state index is -1.04. The summed E-state index contributed by atoms with van der Waals surface area (Å²) < 4.78 is 55.3. The fourth-order valence-electron chi connectivity index (χ4n) is 4.22. The molecule has 1 saturated heterocycles. The predicted octanol–water partition coefficient (Wildman–Crippen LogP) is 8.78. The lowest BCUT2D eigenvalue weighted by atomic mass is 9.93. The zero-order valence-corrected chi connectivity index (χ0v) is 19.8. The number of benzene rings is 3. The molecular formula is C30H29F3O2. The maximum absolute atomic E-state index is 15.0. The first kappa shape index (κ1) is 24.8. The molecule has 3 aromatic carbocycles. The fourth-order valence-corrected chi connectivity index (χ4v) is 4.22. The number of halogens is 3. The topological polar surface area (TPSA) is 18.5 Å². The molecule has 182 valence electrons. The standard InChI is InChI=1S/C30H29F3O2/c1-3-5-6-17-34-28-16-14-25(29(32)30(28)33)22-10-8-21(9-11-22)24-13-12-23(18-26(24)31)27-15-7-20(4-2)19-35-27/h4,6,8-14,16-18,20,27H,2-3,5,7,15,19H2,1H3/b17-6-. The number of hydrogen-bond donors (Lipinski definition) is 0. The first-order valence-corrected chi connectivity index (χ1v) is 12.0. The van der Waals surface area contributed by atoms with E-state index in [9.17, 15) is 13.2 Å². The molecule has 2 nitrogen and oxygen atoms in total. The van der Waals surface area contributed by atoms with Crippen LogP contribution in [0.25, 0.3) is 22.3 Å². The Balaban J connectivity index is 1.50. The Morgan fingerprint density at radius 2 is 1.66 bits per heavy atom. The van der Waals surface area contributed by atoms with Gasteiger partial charge < -0.3 is 9.47 Å². The molecule has 1 aliphatic heterocycles. The van der Waals surface area contributed by atoms with Crippen LogP contribution in [0.4, 0.5) is 13.2 Å². The summed E-state index contributed by atoms with van der Waals surface area (Å²) in [4.78, 5) is 0. The molecule has 4 rings (SSSR count). The SMILES string of the molecule is C=CC1CCC(c2ccc(-c3ccc(-c4ccc(O/C=C\CCC)c(F)c4F)cc3)c(F)c2)OC1. The Hall–Kier alpha value is -3.31. The summed E-state index contributed by atoms with van der Waals surface area (Å²) in [5.74, 6) is -2.20. The van der Waals surface area contributed by atoms with Crippen molar-refractivity contribution in [2.45, 2.75) is 38.7 Å². The van der Waals surface area contributed by atoms with Crippen LogP contribution in [0.15, 0.2) is 79.6 Å². The van der Waals surface area contributed by atoms with Crippen LogP contribution >= 0.6 is 0 Å². The van der Waals surface area contributed by atoms with Gasteiger partial charge in [-0.3, -0.25) is 0 Å². The van der Waals surface area contributed by atoms with Gasteiger partial charge in [-0.1, -0.05) is 55.8 Å². The van der Waals surface area contributed by atoms with Crippen LogP contribution in [0.3, 0.4) is 0 Å². The summed E-state index contributed by atoms with van der Waals surface area (Å²) in [6, 6.07) is 14.7. The molecule has 1 fully saturated rings. The molecule has 0 bridgehead atoms. The van der Waals surface area contributed by atoms with Crippen molar-refractivity contribution in [1.29, 1.82) is 0 Å². The average molecular weight is 479 g/mol. The van der Waals surface area contributed by atoms with Gasteiger partial charge in [0.05, 0.1) is 19.0 Å². The van der Waals surface area contributed by atoms with E-state index in [1.807, 2.05) is 19.1 Å². The van der Waals surface area contributed by atoms with Gasteiger partial charge in [0.2, 0.25) is 5.82 Å². The molecule has 0 amide bonds. The monoisotopic (exact) mass is 478 g/mol. The second-order valence-electron chi connectivity index (χ2n) is 8.73. The van der Waals surface area contributed by atoms with E-state index >= 15 is 0 Å². The van der Waals surface area contributed by atoms with Crippen molar-refractivity contribution >= 4 is 0 Å². The Morgan fingerprint density at radius 1 is 0.943 bits per heavy atom. The molecule has 5 heteroatoms. The van der Waals surface area contributed by atoms with E-state index in [1.54, 1.807) is 36.4 Å². The summed E-state index contributed by atoms with van der Waals surface area (Å²) in [5.41, 5.74) is 2.50. The van der Waals surface area contributed by atoms with Crippen LogP contribution in [0, 0.1) is 23.4 Å². The van der Waals surface area contributed by atoms with Crippen molar-refractivity contribution < 1.29 is 22.6 Å². The van der Waals surface area contributed by atoms with Gasteiger partial charge >= 0.3 is 0 Å². The van der Waals surface area contributed by atoms with Crippen molar-refractivity contribution in [2.24, 2.45) is 5.92 Å². The third-order valence-electron chi connectivity index (χ3n) is 6.31. The summed E-state index contributed by atoms with van der Waals surface area (Å²) in [6.45, 7) is 6.42. The molecular weight excluding hydrogens is 449 g/mol. The highest BCUT2D eigenvalue weighted by Gasteiger charge is 2.22. The van der Waals surface area contributed by atoms with Crippen LogP contribution in [0.1, 0.15) is 44.3 Å². The second kappa shape index (κ2) is 11.4.